The molecule has 2 rings (SSSR count). The lowest BCUT2D eigenvalue weighted by atomic mass is 10.0. The zero-order valence-corrected chi connectivity index (χ0v) is 14.4. The Labute approximate surface area is 144 Å². The third-order valence-corrected chi connectivity index (χ3v) is 4.53. The highest BCUT2D eigenvalue weighted by molar-refractivity contribution is 7.86. The van der Waals surface area contributed by atoms with Gasteiger partial charge in [-0.3, -0.25) is 0 Å². The second-order valence-electron chi connectivity index (χ2n) is 4.54. The minimum Gasteiger partial charge on any atom is -0.399 e. The van der Waals surface area contributed by atoms with Gasteiger partial charge in [-0.25, -0.2) is 0 Å². The molecule has 0 aliphatic heterocycles. The summed E-state index contributed by atoms with van der Waals surface area (Å²) in [6, 6.07) is 9.21. The van der Waals surface area contributed by atoms with Gasteiger partial charge in [0.25, 0.3) is 0 Å². The van der Waals surface area contributed by atoms with E-state index in [0.29, 0.717) is 29.1 Å². The smallest absolute Gasteiger partial charge is 0.332 e. The van der Waals surface area contributed by atoms with E-state index < -0.39 is 15.1 Å². The monoisotopic (exact) mass is 383 g/mol. The molecule has 0 spiro atoms. The first-order chi connectivity index (χ1) is 9.77. The van der Waals surface area contributed by atoms with Gasteiger partial charge in [0.2, 0.25) is 0 Å². The van der Waals surface area contributed by atoms with Crippen LogP contribution in [0.2, 0.25) is 10.0 Å². The molecule has 0 radical (unpaired) electrons. The maximum Gasteiger partial charge on any atom is 0.332 e. The summed E-state index contributed by atoms with van der Waals surface area (Å²) in [5.74, 6) is 0. The van der Waals surface area contributed by atoms with E-state index in [1.165, 1.54) is 12.1 Å². The standard InChI is InChI=1S/C14H12Cl2FNO2S.ClH/c15-11-5-3-10(14(7-11)21(17,19)20)2-1-9-4-6-12(18)8-13(9)16;/h3-8H,1-2,18H2;1H. The number of halogens is 4. The summed E-state index contributed by atoms with van der Waals surface area (Å²) in [7, 11) is -4.81. The van der Waals surface area contributed by atoms with Crippen LogP contribution < -0.4 is 5.73 Å². The van der Waals surface area contributed by atoms with Gasteiger partial charge in [-0.15, -0.1) is 16.3 Å². The fourth-order valence-corrected chi connectivity index (χ4v) is 3.27. The van der Waals surface area contributed by atoms with E-state index in [0.717, 1.165) is 11.6 Å². The molecule has 120 valence electrons. The first-order valence-corrected chi connectivity index (χ1v) is 8.18. The van der Waals surface area contributed by atoms with Gasteiger partial charge in [-0.05, 0) is 48.2 Å². The molecule has 3 nitrogen and oxygen atoms in total. The van der Waals surface area contributed by atoms with Crippen LogP contribution in [-0.4, -0.2) is 8.42 Å². The van der Waals surface area contributed by atoms with Gasteiger partial charge in [0.15, 0.2) is 0 Å². The molecule has 0 fully saturated rings. The molecule has 0 saturated carbocycles. The Morgan fingerprint density at radius 2 is 1.59 bits per heavy atom. The number of anilines is 1. The number of nitrogen functional groups attached to an aromatic ring is 1. The van der Waals surface area contributed by atoms with E-state index >= 15 is 0 Å². The number of rotatable bonds is 4. The number of hydrogen-bond acceptors (Lipinski definition) is 3. The summed E-state index contributed by atoms with van der Waals surface area (Å²) in [6.45, 7) is 0. The van der Waals surface area contributed by atoms with Crippen LogP contribution in [0.4, 0.5) is 9.57 Å². The number of nitrogens with two attached hydrogens (primary N) is 1. The van der Waals surface area contributed by atoms with Crippen LogP contribution >= 0.6 is 35.6 Å². The van der Waals surface area contributed by atoms with Crippen LogP contribution in [0, 0.1) is 0 Å². The van der Waals surface area contributed by atoms with E-state index in [1.54, 1.807) is 18.2 Å². The Morgan fingerprint density at radius 3 is 2.18 bits per heavy atom. The van der Waals surface area contributed by atoms with Gasteiger partial charge in [0.05, 0.1) is 0 Å². The minimum atomic E-state index is -4.81. The summed E-state index contributed by atoms with van der Waals surface area (Å²) in [6.07, 6.45) is 0.780. The van der Waals surface area contributed by atoms with Crippen molar-refractivity contribution in [3.63, 3.8) is 0 Å². The van der Waals surface area contributed by atoms with Crippen molar-refractivity contribution in [2.45, 2.75) is 17.7 Å². The van der Waals surface area contributed by atoms with Crippen molar-refractivity contribution >= 4 is 51.5 Å². The first-order valence-electron chi connectivity index (χ1n) is 6.04. The Bertz CT molecular complexity index is 782. The van der Waals surface area contributed by atoms with Gasteiger partial charge >= 0.3 is 10.2 Å². The van der Waals surface area contributed by atoms with E-state index in [4.69, 9.17) is 28.9 Å². The highest BCUT2D eigenvalue weighted by Crippen LogP contribution is 2.26. The Balaban J connectivity index is 0.00000242. The Kier molecular flexibility index (Phi) is 6.50. The molecule has 2 aromatic rings. The molecule has 0 unspecified atom stereocenters. The van der Waals surface area contributed by atoms with Gasteiger partial charge in [0, 0.05) is 15.7 Å². The molecule has 0 atom stereocenters. The van der Waals surface area contributed by atoms with E-state index in [1.807, 2.05) is 0 Å². The van der Waals surface area contributed by atoms with Crippen LogP contribution in [0.1, 0.15) is 11.1 Å². The van der Waals surface area contributed by atoms with Gasteiger partial charge < -0.3 is 5.73 Å². The molecule has 22 heavy (non-hydrogen) atoms. The quantitative estimate of drug-likeness (QED) is 0.626. The zero-order chi connectivity index (χ0) is 15.6. The number of aryl methyl sites for hydroxylation is 2. The average molecular weight is 385 g/mol. The molecular formula is C14H13Cl3FNO2S. The van der Waals surface area contributed by atoms with Gasteiger partial charge in [-0.2, -0.15) is 8.42 Å². The molecule has 2 aromatic carbocycles. The number of benzene rings is 2. The fourth-order valence-electron chi connectivity index (χ4n) is 2.00. The first kappa shape index (κ1) is 19.0. The highest BCUT2D eigenvalue weighted by Gasteiger charge is 2.18. The second kappa shape index (κ2) is 7.51. The molecule has 0 bridgehead atoms. The minimum absolute atomic E-state index is 0. The van der Waals surface area contributed by atoms with E-state index in [2.05, 4.69) is 0 Å². The van der Waals surface area contributed by atoms with E-state index in [9.17, 15) is 12.3 Å². The second-order valence-corrected chi connectivity index (χ2v) is 6.70. The van der Waals surface area contributed by atoms with Crippen molar-refractivity contribution in [3.8, 4) is 0 Å². The SMILES string of the molecule is Cl.Nc1ccc(CCc2ccc(Cl)cc2S(=O)(=O)F)c(Cl)c1. The summed E-state index contributed by atoms with van der Waals surface area (Å²) in [5.41, 5.74) is 7.31. The third-order valence-electron chi connectivity index (χ3n) is 3.03. The van der Waals surface area contributed by atoms with Crippen molar-refractivity contribution in [2.24, 2.45) is 0 Å². The predicted octanol–water partition coefficient (Wildman–Crippen LogP) is 4.44. The summed E-state index contributed by atoms with van der Waals surface area (Å²) >= 11 is 11.8. The lowest BCUT2D eigenvalue weighted by molar-refractivity contribution is 0.550. The maximum absolute atomic E-state index is 13.3. The van der Waals surface area contributed by atoms with Crippen molar-refractivity contribution in [3.05, 3.63) is 57.6 Å². The van der Waals surface area contributed by atoms with Gasteiger partial charge in [0.1, 0.15) is 4.90 Å². The molecular weight excluding hydrogens is 372 g/mol. The molecule has 0 aliphatic rings. The Hall–Kier alpha value is -1.01. The normalized spacial score (nSPS) is 11.0. The summed E-state index contributed by atoms with van der Waals surface area (Å²) in [4.78, 5) is -0.401. The zero-order valence-electron chi connectivity index (χ0n) is 11.2. The lowest BCUT2D eigenvalue weighted by Crippen LogP contribution is -2.01. The fraction of sp³-hybridized carbons (Fsp3) is 0.143. The van der Waals surface area contributed by atoms with Crippen molar-refractivity contribution in [2.75, 3.05) is 5.73 Å². The van der Waals surface area contributed by atoms with Crippen LogP contribution in [0.25, 0.3) is 0 Å². The van der Waals surface area contributed by atoms with Crippen LogP contribution in [0.3, 0.4) is 0 Å². The molecule has 0 aliphatic carbocycles. The van der Waals surface area contributed by atoms with Crippen LogP contribution in [0.15, 0.2) is 41.3 Å². The van der Waals surface area contributed by atoms with Crippen molar-refractivity contribution in [1.29, 1.82) is 0 Å². The maximum atomic E-state index is 13.3. The predicted molar refractivity (Wildman–Crippen MR) is 90.3 cm³/mol. The topological polar surface area (TPSA) is 60.2 Å². The lowest BCUT2D eigenvalue weighted by Gasteiger charge is -2.08. The molecule has 8 heteroatoms. The van der Waals surface area contributed by atoms with Crippen LogP contribution in [0.5, 0.6) is 0 Å². The molecule has 0 aromatic heterocycles. The summed E-state index contributed by atoms with van der Waals surface area (Å²) in [5, 5.41) is 0.661. The largest absolute Gasteiger partial charge is 0.399 e. The van der Waals surface area contributed by atoms with Gasteiger partial charge in [-0.1, -0.05) is 35.3 Å². The third kappa shape index (κ3) is 4.74. The highest BCUT2D eigenvalue weighted by atomic mass is 35.5. The molecule has 2 N–H and O–H groups in total. The number of hydrogen-bond donors (Lipinski definition) is 1. The van der Waals surface area contributed by atoms with Crippen LogP contribution in [-0.2, 0) is 23.1 Å². The molecule has 0 heterocycles. The average Bonchev–Trinajstić information content (AvgIpc) is 2.38. The Morgan fingerprint density at radius 1 is 1.00 bits per heavy atom. The molecule has 0 amide bonds. The summed E-state index contributed by atoms with van der Waals surface area (Å²) < 4.78 is 35.6. The molecule has 0 saturated heterocycles. The van der Waals surface area contributed by atoms with Crippen molar-refractivity contribution in [1.82, 2.24) is 0 Å². The van der Waals surface area contributed by atoms with Crippen molar-refractivity contribution < 1.29 is 12.3 Å². The van der Waals surface area contributed by atoms with E-state index in [-0.39, 0.29) is 17.4 Å².